The van der Waals surface area contributed by atoms with Crippen LogP contribution in [0.1, 0.15) is 22.6 Å². The van der Waals surface area contributed by atoms with E-state index < -0.39 is 17.5 Å². The fourth-order valence-corrected chi connectivity index (χ4v) is 2.61. The summed E-state index contributed by atoms with van der Waals surface area (Å²) in [5, 5.41) is 2.68. The Labute approximate surface area is 120 Å². The number of amides is 1. The second kappa shape index (κ2) is 5.63. The molecule has 2 heterocycles. The Kier molecular flexibility index (Phi) is 3.68. The number of rotatable bonds is 3. The third-order valence-corrected chi connectivity index (χ3v) is 3.76. The SMILES string of the molecule is O=C(NC[C@H]1CCc2nccn2C1)c1cc(F)ccc1F. The van der Waals surface area contributed by atoms with Gasteiger partial charge in [0.2, 0.25) is 0 Å². The molecule has 1 aliphatic rings. The average Bonchev–Trinajstić information content (AvgIpc) is 2.94. The maximum Gasteiger partial charge on any atom is 0.254 e. The molecule has 3 rings (SSSR count). The first-order valence-electron chi connectivity index (χ1n) is 6.87. The van der Waals surface area contributed by atoms with E-state index in [4.69, 9.17) is 0 Å². The van der Waals surface area contributed by atoms with Crippen molar-refractivity contribution in [2.24, 2.45) is 5.92 Å². The Hall–Kier alpha value is -2.24. The van der Waals surface area contributed by atoms with Crippen molar-refractivity contribution in [3.8, 4) is 0 Å². The van der Waals surface area contributed by atoms with Gasteiger partial charge in [-0.05, 0) is 30.5 Å². The van der Waals surface area contributed by atoms with Gasteiger partial charge in [0.1, 0.15) is 17.5 Å². The average molecular weight is 291 g/mol. The molecule has 0 saturated heterocycles. The highest BCUT2D eigenvalue weighted by Gasteiger charge is 2.20. The van der Waals surface area contributed by atoms with E-state index in [1.54, 1.807) is 6.20 Å². The van der Waals surface area contributed by atoms with Gasteiger partial charge in [0.25, 0.3) is 5.91 Å². The molecule has 1 amide bonds. The summed E-state index contributed by atoms with van der Waals surface area (Å²) in [6, 6.07) is 2.87. The Balaban J connectivity index is 1.61. The molecule has 6 heteroatoms. The van der Waals surface area contributed by atoms with Crippen LogP contribution in [0.2, 0.25) is 0 Å². The highest BCUT2D eigenvalue weighted by Crippen LogP contribution is 2.18. The van der Waals surface area contributed by atoms with Gasteiger partial charge in [-0.15, -0.1) is 0 Å². The van der Waals surface area contributed by atoms with Crippen LogP contribution in [0.25, 0.3) is 0 Å². The predicted molar refractivity (Wildman–Crippen MR) is 72.7 cm³/mol. The van der Waals surface area contributed by atoms with Gasteiger partial charge in [0.05, 0.1) is 5.56 Å². The minimum atomic E-state index is -0.713. The van der Waals surface area contributed by atoms with Crippen LogP contribution >= 0.6 is 0 Å². The molecule has 1 aromatic carbocycles. The van der Waals surface area contributed by atoms with E-state index in [1.807, 2.05) is 6.20 Å². The van der Waals surface area contributed by atoms with Gasteiger partial charge in [-0.3, -0.25) is 4.79 Å². The first kappa shape index (κ1) is 13.7. The van der Waals surface area contributed by atoms with Gasteiger partial charge in [-0.25, -0.2) is 13.8 Å². The van der Waals surface area contributed by atoms with Crippen LogP contribution in [0.3, 0.4) is 0 Å². The van der Waals surface area contributed by atoms with E-state index in [0.717, 1.165) is 43.4 Å². The summed E-state index contributed by atoms with van der Waals surface area (Å²) in [6.45, 7) is 1.22. The molecule has 0 unspecified atom stereocenters. The largest absolute Gasteiger partial charge is 0.352 e. The Morgan fingerprint density at radius 3 is 3.14 bits per heavy atom. The fourth-order valence-electron chi connectivity index (χ4n) is 2.61. The lowest BCUT2D eigenvalue weighted by Gasteiger charge is -2.24. The molecule has 4 nitrogen and oxygen atoms in total. The summed E-state index contributed by atoms with van der Waals surface area (Å²) in [7, 11) is 0. The van der Waals surface area contributed by atoms with E-state index in [2.05, 4.69) is 14.9 Å². The molecule has 0 radical (unpaired) electrons. The number of nitrogens with one attached hydrogen (secondary N) is 1. The van der Waals surface area contributed by atoms with Crippen LogP contribution in [-0.2, 0) is 13.0 Å². The lowest BCUT2D eigenvalue weighted by Crippen LogP contribution is -2.34. The number of benzene rings is 1. The van der Waals surface area contributed by atoms with Crippen molar-refractivity contribution in [3.63, 3.8) is 0 Å². The van der Waals surface area contributed by atoms with Crippen LogP contribution in [0.15, 0.2) is 30.6 Å². The molecule has 1 atom stereocenters. The molecule has 0 fully saturated rings. The molecular formula is C15H15F2N3O. The number of aryl methyl sites for hydroxylation is 1. The molecule has 21 heavy (non-hydrogen) atoms. The number of carbonyl (C=O) groups is 1. The smallest absolute Gasteiger partial charge is 0.254 e. The van der Waals surface area contributed by atoms with Crippen molar-refractivity contribution >= 4 is 5.91 Å². The number of imidazole rings is 1. The third-order valence-electron chi connectivity index (χ3n) is 3.76. The number of aromatic nitrogens is 2. The lowest BCUT2D eigenvalue weighted by molar-refractivity contribution is 0.0939. The first-order valence-corrected chi connectivity index (χ1v) is 6.87. The zero-order chi connectivity index (χ0) is 14.8. The number of halogens is 2. The maximum atomic E-state index is 13.5. The Morgan fingerprint density at radius 1 is 1.43 bits per heavy atom. The zero-order valence-corrected chi connectivity index (χ0v) is 11.4. The number of carbonyl (C=O) groups excluding carboxylic acids is 1. The predicted octanol–water partition coefficient (Wildman–Crippen LogP) is 2.15. The Bertz CT molecular complexity index is 669. The summed E-state index contributed by atoms with van der Waals surface area (Å²) >= 11 is 0. The van der Waals surface area contributed by atoms with E-state index >= 15 is 0 Å². The fraction of sp³-hybridized carbons (Fsp3) is 0.333. The van der Waals surface area contributed by atoms with Crippen LogP contribution in [0, 0.1) is 17.6 Å². The standard InChI is InChI=1S/C15H15F2N3O/c16-11-2-3-13(17)12(7-11)15(21)19-8-10-1-4-14-18-5-6-20(14)9-10/h2-3,5-7,10H,1,4,8-9H2,(H,19,21)/t10-/m1/s1. The molecule has 1 aliphatic heterocycles. The lowest BCUT2D eigenvalue weighted by atomic mass is 9.99. The van der Waals surface area contributed by atoms with Crippen molar-refractivity contribution in [1.82, 2.24) is 14.9 Å². The van der Waals surface area contributed by atoms with Crippen molar-refractivity contribution in [1.29, 1.82) is 0 Å². The molecule has 2 aromatic rings. The molecular weight excluding hydrogens is 276 g/mol. The van der Waals surface area contributed by atoms with E-state index in [1.165, 1.54) is 0 Å². The van der Waals surface area contributed by atoms with Crippen molar-refractivity contribution in [3.05, 3.63) is 53.6 Å². The maximum absolute atomic E-state index is 13.5. The summed E-state index contributed by atoms with van der Waals surface area (Å²) in [6.07, 6.45) is 5.46. The summed E-state index contributed by atoms with van der Waals surface area (Å²) in [5.41, 5.74) is -0.255. The summed E-state index contributed by atoms with van der Waals surface area (Å²) < 4.78 is 28.6. The molecule has 1 N–H and O–H groups in total. The first-order chi connectivity index (χ1) is 10.1. The van der Waals surface area contributed by atoms with Crippen molar-refractivity contribution < 1.29 is 13.6 Å². The van der Waals surface area contributed by atoms with E-state index in [0.29, 0.717) is 6.54 Å². The van der Waals surface area contributed by atoms with Crippen LogP contribution < -0.4 is 5.32 Å². The molecule has 110 valence electrons. The Morgan fingerprint density at radius 2 is 2.29 bits per heavy atom. The minimum absolute atomic E-state index is 0.255. The number of fused-ring (bicyclic) bond motifs is 1. The van der Waals surface area contributed by atoms with Crippen molar-refractivity contribution in [2.45, 2.75) is 19.4 Å². The van der Waals surface area contributed by atoms with Gasteiger partial charge in [0.15, 0.2) is 0 Å². The van der Waals surface area contributed by atoms with Gasteiger partial charge in [-0.2, -0.15) is 0 Å². The molecule has 1 aromatic heterocycles. The molecule has 0 saturated carbocycles. The normalized spacial score (nSPS) is 17.3. The van der Waals surface area contributed by atoms with Crippen LogP contribution in [0.4, 0.5) is 8.78 Å². The third kappa shape index (κ3) is 2.94. The molecule has 0 spiro atoms. The number of hydrogen-bond donors (Lipinski definition) is 1. The second-order valence-corrected chi connectivity index (χ2v) is 5.23. The van der Waals surface area contributed by atoms with E-state index in [-0.39, 0.29) is 11.5 Å². The highest BCUT2D eigenvalue weighted by atomic mass is 19.1. The number of hydrogen-bond acceptors (Lipinski definition) is 2. The quantitative estimate of drug-likeness (QED) is 0.942. The second-order valence-electron chi connectivity index (χ2n) is 5.23. The monoisotopic (exact) mass is 291 g/mol. The molecule has 0 aliphatic carbocycles. The van der Waals surface area contributed by atoms with Gasteiger partial charge in [0, 0.05) is 31.9 Å². The molecule has 0 bridgehead atoms. The highest BCUT2D eigenvalue weighted by molar-refractivity contribution is 5.94. The summed E-state index contributed by atoms with van der Waals surface area (Å²) in [5.74, 6) is -0.596. The van der Waals surface area contributed by atoms with Gasteiger partial charge in [-0.1, -0.05) is 0 Å². The minimum Gasteiger partial charge on any atom is -0.352 e. The number of nitrogens with zero attached hydrogens (tertiary/aromatic N) is 2. The zero-order valence-electron chi connectivity index (χ0n) is 11.4. The topological polar surface area (TPSA) is 46.9 Å². The summed E-state index contributed by atoms with van der Waals surface area (Å²) in [4.78, 5) is 16.2. The van der Waals surface area contributed by atoms with E-state index in [9.17, 15) is 13.6 Å². The van der Waals surface area contributed by atoms with Gasteiger partial charge >= 0.3 is 0 Å². The van der Waals surface area contributed by atoms with Crippen LogP contribution in [0.5, 0.6) is 0 Å². The van der Waals surface area contributed by atoms with Crippen molar-refractivity contribution in [2.75, 3.05) is 6.54 Å². The van der Waals surface area contributed by atoms with Gasteiger partial charge < -0.3 is 9.88 Å². The van der Waals surface area contributed by atoms with Crippen LogP contribution in [-0.4, -0.2) is 22.0 Å².